The first-order valence-electron chi connectivity index (χ1n) is 9.05. The monoisotopic (exact) mass is 413 g/mol. The fourth-order valence-corrected chi connectivity index (χ4v) is 4.20. The van der Waals surface area contributed by atoms with Gasteiger partial charge in [0.2, 0.25) is 17.6 Å². The van der Waals surface area contributed by atoms with Gasteiger partial charge in [0, 0.05) is 25.0 Å². The fourth-order valence-electron chi connectivity index (χ4n) is 2.71. The van der Waals surface area contributed by atoms with Crippen molar-refractivity contribution in [2.75, 3.05) is 24.3 Å². The number of ketones is 1. The lowest BCUT2D eigenvalue weighted by molar-refractivity contribution is -0.117. The van der Waals surface area contributed by atoms with Gasteiger partial charge in [0.25, 0.3) is 0 Å². The van der Waals surface area contributed by atoms with Crippen LogP contribution in [-0.4, -0.2) is 59.0 Å². The normalized spacial score (nSPS) is 16.8. The van der Waals surface area contributed by atoms with Gasteiger partial charge in [-0.3, -0.25) is 20.0 Å². The number of sulfone groups is 1. The fraction of sp³-hybridized carbons (Fsp3) is 0.647. The molecule has 1 aliphatic heterocycles. The number of hydrogen-bond acceptors (Lipinski definition) is 8. The van der Waals surface area contributed by atoms with Crippen LogP contribution < -0.4 is 11.1 Å². The van der Waals surface area contributed by atoms with E-state index in [4.69, 9.17) is 10.5 Å². The molecule has 0 bridgehead atoms. The van der Waals surface area contributed by atoms with Gasteiger partial charge in [0.15, 0.2) is 15.7 Å². The summed E-state index contributed by atoms with van der Waals surface area (Å²) < 4.78 is 29.1. The maximum absolute atomic E-state index is 12.7. The van der Waals surface area contributed by atoms with Gasteiger partial charge in [0.05, 0.1) is 5.75 Å². The highest BCUT2D eigenvalue weighted by Gasteiger charge is 2.42. The third-order valence-electron chi connectivity index (χ3n) is 4.76. The Bertz CT molecular complexity index is 849. The van der Waals surface area contributed by atoms with Crippen LogP contribution in [0.15, 0.2) is 11.8 Å². The molecule has 0 atom stereocenters. The van der Waals surface area contributed by atoms with Crippen LogP contribution >= 0.6 is 0 Å². The highest BCUT2D eigenvalue weighted by molar-refractivity contribution is 7.93. The second-order valence-electron chi connectivity index (χ2n) is 7.39. The number of carbonyl (C=O) groups excluding carboxylic acids is 2. The third-order valence-corrected chi connectivity index (χ3v) is 7.28. The molecule has 0 radical (unpaired) electrons. The Morgan fingerprint density at radius 3 is 2.61 bits per heavy atom. The van der Waals surface area contributed by atoms with Gasteiger partial charge in [-0.15, -0.1) is 5.10 Å². The summed E-state index contributed by atoms with van der Waals surface area (Å²) in [4.78, 5) is 28.3. The van der Waals surface area contributed by atoms with Crippen molar-refractivity contribution in [2.45, 2.75) is 44.8 Å². The van der Waals surface area contributed by atoms with E-state index in [2.05, 4.69) is 20.5 Å². The molecule has 0 unspecified atom stereocenters. The Morgan fingerprint density at radius 1 is 1.36 bits per heavy atom. The second kappa shape index (κ2) is 8.82. The first-order valence-corrected chi connectivity index (χ1v) is 10.7. The number of carbonyl (C=O) groups is 2. The van der Waals surface area contributed by atoms with Gasteiger partial charge in [-0.1, -0.05) is 0 Å². The number of allylic oxidation sites excluding steroid dienone is 2. The Labute approximate surface area is 164 Å². The predicted molar refractivity (Wildman–Crippen MR) is 103 cm³/mol. The average molecular weight is 414 g/mol. The summed E-state index contributed by atoms with van der Waals surface area (Å²) in [6, 6.07) is 0. The molecule has 1 amide bonds. The Morgan fingerprint density at radius 2 is 2.00 bits per heavy atom. The smallest absolute Gasteiger partial charge is 0.249 e. The van der Waals surface area contributed by atoms with E-state index in [0.717, 1.165) is 18.9 Å². The zero-order valence-electron chi connectivity index (χ0n) is 16.3. The lowest BCUT2D eigenvalue weighted by atomic mass is 9.98. The van der Waals surface area contributed by atoms with Crippen LogP contribution in [0.2, 0.25) is 0 Å². The minimum atomic E-state index is -3.72. The molecule has 11 heteroatoms. The molecule has 0 aliphatic carbocycles. The quantitative estimate of drug-likeness (QED) is 0.417. The topological polar surface area (TPSA) is 157 Å². The molecule has 2 rings (SSSR count). The number of H-pyrrole nitrogens is 1. The highest BCUT2D eigenvalue weighted by atomic mass is 32.2. The number of amides is 1. The summed E-state index contributed by atoms with van der Waals surface area (Å²) in [7, 11) is -3.72. The molecule has 1 fully saturated rings. The largest absolute Gasteiger partial charge is 0.402 e. The van der Waals surface area contributed by atoms with Crippen LogP contribution in [0.25, 0.3) is 0 Å². The number of nitrogens with two attached hydrogens (primary N) is 1. The lowest BCUT2D eigenvalue weighted by Gasteiger charge is -2.26. The zero-order valence-corrected chi connectivity index (χ0v) is 17.1. The molecule has 1 aliphatic rings. The molecule has 10 nitrogen and oxygen atoms in total. The number of nitrogens with one attached hydrogen (secondary N) is 2. The average Bonchev–Trinajstić information content (AvgIpc) is 3.09. The van der Waals surface area contributed by atoms with Crippen molar-refractivity contribution >= 4 is 27.5 Å². The second-order valence-corrected chi connectivity index (χ2v) is 10.0. The maximum Gasteiger partial charge on any atom is 0.249 e. The molecule has 156 valence electrons. The van der Waals surface area contributed by atoms with Crippen molar-refractivity contribution in [3.05, 3.63) is 17.6 Å². The summed E-state index contributed by atoms with van der Waals surface area (Å²) in [5.74, 6) is -1.36. The molecule has 1 saturated heterocycles. The lowest BCUT2D eigenvalue weighted by Crippen LogP contribution is -2.46. The van der Waals surface area contributed by atoms with Crippen LogP contribution in [0.3, 0.4) is 0 Å². The molecule has 0 saturated carbocycles. The van der Waals surface area contributed by atoms with Crippen molar-refractivity contribution in [3.8, 4) is 0 Å². The molecule has 0 aromatic carbocycles. The maximum atomic E-state index is 12.7. The van der Waals surface area contributed by atoms with Gasteiger partial charge in [-0.05, 0) is 46.0 Å². The Hall–Kier alpha value is -2.27. The van der Waals surface area contributed by atoms with Crippen LogP contribution in [0.4, 0.5) is 5.95 Å². The number of ether oxygens (including phenoxy) is 1. The van der Waals surface area contributed by atoms with Crippen LogP contribution in [0.1, 0.15) is 50.7 Å². The Kier molecular flexibility index (Phi) is 6.94. The van der Waals surface area contributed by atoms with Gasteiger partial charge in [-0.25, -0.2) is 8.42 Å². The van der Waals surface area contributed by atoms with Crippen LogP contribution in [0.5, 0.6) is 0 Å². The van der Waals surface area contributed by atoms with E-state index < -0.39 is 26.3 Å². The summed E-state index contributed by atoms with van der Waals surface area (Å²) in [6.45, 7) is 5.52. The standard InChI is InChI=1S/C17H27N5O5S/c1-11(18)10-13(23)14-19-16(22-21-14)20-15(24)17(2,3)28(25,26)9-6-12-4-7-27-8-5-12/h10,12H,4-9,18H2,1-3H3,(H2,19,20,21,22,24). The summed E-state index contributed by atoms with van der Waals surface area (Å²) in [6.07, 6.45) is 3.31. The van der Waals surface area contributed by atoms with Crippen LogP contribution in [-0.2, 0) is 19.4 Å². The first kappa shape index (κ1) is 22.0. The van der Waals surface area contributed by atoms with E-state index in [0.29, 0.717) is 25.3 Å². The Balaban J connectivity index is 2.02. The minimum absolute atomic E-state index is 0.0869. The highest BCUT2D eigenvalue weighted by Crippen LogP contribution is 2.25. The summed E-state index contributed by atoms with van der Waals surface area (Å²) in [5, 5.41) is 8.48. The molecule has 4 N–H and O–H groups in total. The summed E-state index contributed by atoms with van der Waals surface area (Å²) in [5.41, 5.74) is 5.74. The van der Waals surface area contributed by atoms with Crippen molar-refractivity contribution < 1.29 is 22.7 Å². The van der Waals surface area contributed by atoms with Gasteiger partial charge in [0.1, 0.15) is 4.75 Å². The summed E-state index contributed by atoms with van der Waals surface area (Å²) >= 11 is 0. The zero-order chi connectivity index (χ0) is 20.9. The number of hydrogen-bond donors (Lipinski definition) is 3. The number of aromatic nitrogens is 3. The number of nitrogens with zero attached hydrogens (tertiary/aromatic N) is 2. The number of rotatable bonds is 8. The molecule has 0 spiro atoms. The molecule has 2 heterocycles. The minimum Gasteiger partial charge on any atom is -0.402 e. The third kappa shape index (κ3) is 5.38. The molecule has 1 aromatic heterocycles. The molecular weight excluding hydrogens is 386 g/mol. The number of anilines is 1. The van der Waals surface area contributed by atoms with E-state index in [1.54, 1.807) is 6.92 Å². The van der Waals surface area contributed by atoms with Crippen molar-refractivity contribution in [1.29, 1.82) is 0 Å². The molecule has 1 aromatic rings. The van der Waals surface area contributed by atoms with Gasteiger partial charge >= 0.3 is 0 Å². The van der Waals surface area contributed by atoms with E-state index in [1.165, 1.54) is 13.8 Å². The van der Waals surface area contributed by atoms with Crippen LogP contribution in [0, 0.1) is 5.92 Å². The van der Waals surface area contributed by atoms with E-state index in [1.807, 2.05) is 0 Å². The van der Waals surface area contributed by atoms with Crippen molar-refractivity contribution in [1.82, 2.24) is 15.2 Å². The first-order chi connectivity index (χ1) is 13.0. The van der Waals surface area contributed by atoms with Gasteiger partial charge in [-0.2, -0.15) is 4.98 Å². The van der Waals surface area contributed by atoms with E-state index in [9.17, 15) is 18.0 Å². The molecule has 28 heavy (non-hydrogen) atoms. The van der Waals surface area contributed by atoms with E-state index >= 15 is 0 Å². The SMILES string of the molecule is CC(N)=CC(=O)c1nc(NC(=O)C(C)(C)S(=O)(=O)CCC2CCOCC2)n[nH]1. The predicted octanol–water partition coefficient (Wildman–Crippen LogP) is 0.798. The van der Waals surface area contributed by atoms with Crippen molar-refractivity contribution in [2.24, 2.45) is 11.7 Å². The van der Waals surface area contributed by atoms with E-state index in [-0.39, 0.29) is 23.4 Å². The van der Waals surface area contributed by atoms with Crippen molar-refractivity contribution in [3.63, 3.8) is 0 Å². The molecular formula is C17H27N5O5S. The number of aromatic amines is 1. The van der Waals surface area contributed by atoms with Gasteiger partial charge < -0.3 is 10.5 Å².